The molecule has 7 heteroatoms. The summed E-state index contributed by atoms with van der Waals surface area (Å²) in [5.41, 5.74) is 4.26. The Kier molecular flexibility index (Phi) is 4.75. The Morgan fingerprint density at radius 2 is 2.00 bits per heavy atom. The van der Waals surface area contributed by atoms with Gasteiger partial charge in [0, 0.05) is 18.2 Å². The number of carbonyl (C=O) groups is 1. The third-order valence-electron chi connectivity index (χ3n) is 5.54. The van der Waals surface area contributed by atoms with Gasteiger partial charge in [-0.1, -0.05) is 18.2 Å². The molecule has 2 heterocycles. The highest BCUT2D eigenvalue weighted by Gasteiger charge is 2.42. The SMILES string of the molecule is CNC(=S)NC1=C(N2Cc3ccccc3C2=O)c2c(ccc(C#N)c2C)OC1(C)C. The van der Waals surface area contributed by atoms with Crippen LogP contribution in [0, 0.1) is 18.3 Å². The minimum Gasteiger partial charge on any atom is -0.481 e. The summed E-state index contributed by atoms with van der Waals surface area (Å²) in [5, 5.41) is 16.2. The zero-order chi connectivity index (χ0) is 21.6. The average molecular weight is 419 g/mol. The maximum absolute atomic E-state index is 13.4. The Hall–Kier alpha value is -3.37. The molecule has 2 aliphatic rings. The largest absolute Gasteiger partial charge is 0.481 e. The molecule has 6 nitrogen and oxygen atoms in total. The van der Waals surface area contributed by atoms with Crippen molar-refractivity contribution in [3.8, 4) is 11.8 Å². The molecule has 0 unspecified atom stereocenters. The fourth-order valence-corrected chi connectivity index (χ4v) is 4.12. The van der Waals surface area contributed by atoms with E-state index >= 15 is 0 Å². The highest BCUT2D eigenvalue weighted by molar-refractivity contribution is 7.80. The van der Waals surface area contributed by atoms with E-state index in [1.165, 1.54) is 0 Å². The van der Waals surface area contributed by atoms with Gasteiger partial charge < -0.3 is 20.3 Å². The molecule has 0 saturated heterocycles. The summed E-state index contributed by atoms with van der Waals surface area (Å²) in [5.74, 6) is 0.553. The minimum atomic E-state index is -0.779. The van der Waals surface area contributed by atoms with Gasteiger partial charge in [-0.25, -0.2) is 0 Å². The van der Waals surface area contributed by atoms with Crippen molar-refractivity contribution in [1.29, 1.82) is 5.26 Å². The van der Waals surface area contributed by atoms with Crippen LogP contribution >= 0.6 is 12.2 Å². The number of hydrogen-bond donors (Lipinski definition) is 2. The molecule has 0 fully saturated rings. The van der Waals surface area contributed by atoms with Crippen LogP contribution in [-0.2, 0) is 6.54 Å². The van der Waals surface area contributed by atoms with Crippen molar-refractivity contribution >= 4 is 28.9 Å². The first kappa shape index (κ1) is 19.9. The zero-order valence-corrected chi connectivity index (χ0v) is 18.1. The van der Waals surface area contributed by atoms with Crippen LogP contribution in [0.3, 0.4) is 0 Å². The number of thiocarbonyl (C=S) groups is 1. The van der Waals surface area contributed by atoms with Gasteiger partial charge in [-0.15, -0.1) is 0 Å². The lowest BCUT2D eigenvalue weighted by atomic mass is 9.90. The minimum absolute atomic E-state index is 0.0827. The third kappa shape index (κ3) is 3.01. The van der Waals surface area contributed by atoms with Crippen molar-refractivity contribution in [3.05, 3.63) is 69.9 Å². The first-order chi connectivity index (χ1) is 14.3. The predicted molar refractivity (Wildman–Crippen MR) is 119 cm³/mol. The van der Waals surface area contributed by atoms with Crippen LogP contribution in [0.25, 0.3) is 5.70 Å². The Bertz CT molecular complexity index is 1160. The van der Waals surface area contributed by atoms with Crippen molar-refractivity contribution in [2.24, 2.45) is 0 Å². The van der Waals surface area contributed by atoms with Crippen LogP contribution < -0.4 is 15.4 Å². The molecule has 2 aliphatic heterocycles. The summed E-state index contributed by atoms with van der Waals surface area (Å²) >= 11 is 5.38. The molecule has 2 aromatic rings. The third-order valence-corrected chi connectivity index (χ3v) is 5.85. The molecule has 0 atom stereocenters. The highest BCUT2D eigenvalue weighted by atomic mass is 32.1. The molecule has 2 aromatic carbocycles. The summed E-state index contributed by atoms with van der Waals surface area (Å²) < 4.78 is 6.30. The second-order valence-electron chi connectivity index (χ2n) is 7.81. The summed E-state index contributed by atoms with van der Waals surface area (Å²) in [6.45, 7) is 6.17. The van der Waals surface area contributed by atoms with E-state index in [1.807, 2.05) is 45.0 Å². The van der Waals surface area contributed by atoms with Crippen molar-refractivity contribution in [2.45, 2.75) is 32.9 Å². The van der Waals surface area contributed by atoms with Gasteiger partial charge in [0.15, 0.2) is 5.11 Å². The smallest absolute Gasteiger partial charge is 0.259 e. The van der Waals surface area contributed by atoms with Crippen molar-refractivity contribution < 1.29 is 9.53 Å². The Balaban J connectivity index is 2.00. The fraction of sp³-hybridized carbons (Fsp3) is 0.261. The molecule has 30 heavy (non-hydrogen) atoms. The molecule has 0 aromatic heterocycles. The van der Waals surface area contributed by atoms with Gasteiger partial charge in [0.25, 0.3) is 5.91 Å². The lowest BCUT2D eigenvalue weighted by Crippen LogP contribution is -2.47. The lowest BCUT2D eigenvalue weighted by Gasteiger charge is -2.40. The second kappa shape index (κ2) is 7.15. The van der Waals surface area contributed by atoms with E-state index in [4.69, 9.17) is 17.0 Å². The first-order valence-corrected chi connectivity index (χ1v) is 10.1. The number of nitrogens with one attached hydrogen (secondary N) is 2. The molecule has 1 amide bonds. The number of hydrogen-bond acceptors (Lipinski definition) is 4. The highest BCUT2D eigenvalue weighted by Crippen LogP contribution is 2.45. The van der Waals surface area contributed by atoms with Crippen LogP contribution in [0.15, 0.2) is 42.1 Å². The average Bonchev–Trinajstić information content (AvgIpc) is 3.05. The molecule has 0 bridgehead atoms. The summed E-state index contributed by atoms with van der Waals surface area (Å²) in [6, 6.07) is 13.4. The number of nitriles is 1. The van der Waals surface area contributed by atoms with Crippen LogP contribution in [0.2, 0.25) is 0 Å². The standard InChI is InChI=1S/C23H22N4O2S/c1-13-14(11-24)9-10-17-18(13)19(20(23(2,3)29-17)26-22(30)25-4)27-12-15-7-5-6-8-16(15)21(27)28/h5-10H,12H2,1-4H3,(H2,25,26,30). The maximum atomic E-state index is 13.4. The van der Waals surface area contributed by atoms with E-state index in [9.17, 15) is 10.1 Å². The molecule has 0 radical (unpaired) electrons. The first-order valence-electron chi connectivity index (χ1n) is 9.65. The second-order valence-corrected chi connectivity index (χ2v) is 8.22. The zero-order valence-electron chi connectivity index (χ0n) is 17.3. The van der Waals surface area contributed by atoms with Gasteiger partial charge in [-0.3, -0.25) is 4.79 Å². The van der Waals surface area contributed by atoms with E-state index in [-0.39, 0.29) is 5.91 Å². The number of carbonyl (C=O) groups excluding carboxylic acids is 1. The van der Waals surface area contributed by atoms with Crippen molar-refractivity contribution in [2.75, 3.05) is 7.05 Å². The number of rotatable bonds is 2. The van der Waals surface area contributed by atoms with Crippen LogP contribution in [0.5, 0.6) is 5.75 Å². The lowest BCUT2D eigenvalue weighted by molar-refractivity contribution is 0.0841. The number of ether oxygens (including phenoxy) is 1. The quantitative estimate of drug-likeness (QED) is 0.728. The molecule has 0 saturated carbocycles. The van der Waals surface area contributed by atoms with E-state index in [0.717, 1.165) is 16.7 Å². The van der Waals surface area contributed by atoms with Gasteiger partial charge in [-0.2, -0.15) is 5.26 Å². The molecule has 152 valence electrons. The Morgan fingerprint density at radius 3 is 2.67 bits per heavy atom. The number of fused-ring (bicyclic) bond motifs is 2. The molecule has 2 N–H and O–H groups in total. The molecule has 0 aliphatic carbocycles. The molecule has 4 rings (SSSR count). The molecular formula is C23H22N4O2S. The van der Waals surface area contributed by atoms with Gasteiger partial charge in [0.05, 0.1) is 29.6 Å². The summed E-state index contributed by atoms with van der Waals surface area (Å²) in [6.07, 6.45) is 0. The topological polar surface area (TPSA) is 77.4 Å². The predicted octanol–water partition coefficient (Wildman–Crippen LogP) is 3.46. The van der Waals surface area contributed by atoms with E-state index in [2.05, 4.69) is 16.7 Å². The molecular weight excluding hydrogens is 396 g/mol. The summed E-state index contributed by atoms with van der Waals surface area (Å²) in [7, 11) is 1.73. The van der Waals surface area contributed by atoms with Crippen molar-refractivity contribution in [1.82, 2.24) is 15.5 Å². The van der Waals surface area contributed by atoms with Gasteiger partial charge in [-0.05, 0) is 62.3 Å². The monoisotopic (exact) mass is 418 g/mol. The Labute approximate surface area is 181 Å². The van der Waals surface area contributed by atoms with E-state index < -0.39 is 5.60 Å². The van der Waals surface area contributed by atoms with Crippen LogP contribution in [0.4, 0.5) is 0 Å². The summed E-state index contributed by atoms with van der Waals surface area (Å²) in [4.78, 5) is 15.1. The van der Waals surface area contributed by atoms with E-state index in [0.29, 0.717) is 39.9 Å². The maximum Gasteiger partial charge on any atom is 0.259 e. The van der Waals surface area contributed by atoms with Crippen molar-refractivity contribution in [3.63, 3.8) is 0 Å². The van der Waals surface area contributed by atoms with Crippen LogP contribution in [0.1, 0.15) is 46.5 Å². The van der Waals surface area contributed by atoms with Gasteiger partial charge >= 0.3 is 0 Å². The van der Waals surface area contributed by atoms with Crippen LogP contribution in [-0.4, -0.2) is 28.6 Å². The fourth-order valence-electron chi connectivity index (χ4n) is 4.01. The van der Waals surface area contributed by atoms with E-state index in [1.54, 1.807) is 24.1 Å². The van der Waals surface area contributed by atoms with Gasteiger partial charge in [0.2, 0.25) is 0 Å². The van der Waals surface area contributed by atoms with Gasteiger partial charge in [0.1, 0.15) is 11.4 Å². The Morgan fingerprint density at radius 1 is 1.27 bits per heavy atom. The molecule has 0 spiro atoms. The number of nitrogens with zero attached hydrogens (tertiary/aromatic N) is 2. The number of amides is 1. The number of benzene rings is 2. The normalized spacial score (nSPS) is 16.4.